The number of hydrogen-bond donors (Lipinski definition) is 1. The van der Waals surface area contributed by atoms with Gasteiger partial charge in [0.1, 0.15) is 12.4 Å². The average Bonchev–Trinajstić information content (AvgIpc) is 3.12. The lowest BCUT2D eigenvalue weighted by atomic mass is 10.2. The highest BCUT2D eigenvalue weighted by Gasteiger charge is 2.19. The van der Waals surface area contributed by atoms with Gasteiger partial charge in [-0.3, -0.25) is 0 Å². The molecule has 1 N–H and O–H groups in total. The molecule has 0 spiro atoms. The van der Waals surface area contributed by atoms with E-state index in [1.165, 1.54) is 25.7 Å². The summed E-state index contributed by atoms with van der Waals surface area (Å²) in [5.41, 5.74) is 0. The number of halogens is 1. The zero-order valence-corrected chi connectivity index (χ0v) is 11.7. The summed E-state index contributed by atoms with van der Waals surface area (Å²) in [4.78, 5) is 0. The van der Waals surface area contributed by atoms with E-state index in [9.17, 15) is 0 Å². The molecule has 0 amide bonds. The number of hydrogen-bond acceptors (Lipinski definition) is 2. The van der Waals surface area contributed by atoms with Crippen molar-refractivity contribution in [3.05, 3.63) is 28.7 Å². The van der Waals surface area contributed by atoms with Crippen LogP contribution < -0.4 is 10.1 Å². The Bertz CT molecular complexity index is 339. The summed E-state index contributed by atoms with van der Waals surface area (Å²) in [6, 6.07) is 7.97. The maximum atomic E-state index is 5.63. The summed E-state index contributed by atoms with van der Waals surface area (Å²) >= 11 is 3.43. The molecule has 1 fully saturated rings. The Labute approximate surface area is 112 Å². The van der Waals surface area contributed by atoms with E-state index in [1.807, 2.05) is 24.3 Å². The van der Waals surface area contributed by atoms with E-state index in [2.05, 4.69) is 21.2 Å². The minimum atomic E-state index is 0.736. The number of benzene rings is 1. The summed E-state index contributed by atoms with van der Waals surface area (Å²) in [7, 11) is 0. The first-order valence-corrected chi connectivity index (χ1v) is 7.23. The maximum Gasteiger partial charge on any atom is 0.120 e. The van der Waals surface area contributed by atoms with Crippen molar-refractivity contribution >= 4 is 15.9 Å². The van der Waals surface area contributed by atoms with E-state index in [4.69, 9.17) is 4.74 Å². The van der Waals surface area contributed by atoms with Crippen LogP contribution in [-0.4, -0.2) is 19.7 Å². The monoisotopic (exact) mass is 297 g/mol. The van der Waals surface area contributed by atoms with Crippen LogP contribution in [-0.2, 0) is 0 Å². The second-order valence-corrected chi connectivity index (χ2v) is 5.56. The van der Waals surface area contributed by atoms with Gasteiger partial charge < -0.3 is 10.1 Å². The summed E-state index contributed by atoms with van der Waals surface area (Å²) in [6.07, 6.45) is 5.64. The molecule has 0 radical (unpaired) electrons. The van der Waals surface area contributed by atoms with Gasteiger partial charge in [0.2, 0.25) is 0 Å². The van der Waals surface area contributed by atoms with Crippen LogP contribution in [0.3, 0.4) is 0 Å². The Hall–Kier alpha value is -0.540. The van der Waals surface area contributed by atoms with Crippen LogP contribution in [0.4, 0.5) is 0 Å². The van der Waals surface area contributed by atoms with Crippen molar-refractivity contribution in [1.82, 2.24) is 5.32 Å². The van der Waals surface area contributed by atoms with Crippen LogP contribution in [0.1, 0.15) is 25.7 Å². The van der Waals surface area contributed by atoms with E-state index in [0.717, 1.165) is 35.8 Å². The van der Waals surface area contributed by atoms with Crippen LogP contribution in [0.15, 0.2) is 28.7 Å². The highest BCUT2D eigenvalue weighted by molar-refractivity contribution is 9.10. The molecule has 2 rings (SSSR count). The van der Waals surface area contributed by atoms with E-state index in [1.54, 1.807) is 0 Å². The topological polar surface area (TPSA) is 21.3 Å². The Morgan fingerprint density at radius 3 is 2.94 bits per heavy atom. The Kier molecular flexibility index (Phi) is 5.33. The van der Waals surface area contributed by atoms with Gasteiger partial charge in [0.25, 0.3) is 0 Å². The number of rotatable bonds is 8. The molecule has 1 aromatic rings. The van der Waals surface area contributed by atoms with Crippen LogP contribution in [0.25, 0.3) is 0 Å². The van der Waals surface area contributed by atoms with Crippen molar-refractivity contribution in [3.8, 4) is 5.75 Å². The van der Waals surface area contributed by atoms with Gasteiger partial charge in [0.15, 0.2) is 0 Å². The largest absolute Gasteiger partial charge is 0.492 e. The fourth-order valence-corrected chi connectivity index (χ4v) is 2.22. The van der Waals surface area contributed by atoms with Crippen molar-refractivity contribution in [2.75, 3.05) is 19.7 Å². The predicted octanol–water partition coefficient (Wildman–Crippen LogP) is 3.61. The highest BCUT2D eigenvalue weighted by atomic mass is 79.9. The summed E-state index contributed by atoms with van der Waals surface area (Å²) in [6.45, 7) is 2.79. The van der Waals surface area contributed by atoms with Crippen LogP contribution in [0.2, 0.25) is 0 Å². The van der Waals surface area contributed by atoms with Gasteiger partial charge in [-0.05, 0) is 43.5 Å². The molecule has 0 heterocycles. The molecule has 1 aliphatic rings. The fourth-order valence-electron chi connectivity index (χ4n) is 1.85. The molecule has 1 saturated carbocycles. The molecule has 1 aromatic carbocycles. The molecule has 2 nitrogen and oxygen atoms in total. The van der Waals surface area contributed by atoms with Crippen molar-refractivity contribution in [2.24, 2.45) is 5.92 Å². The van der Waals surface area contributed by atoms with Gasteiger partial charge in [0.05, 0.1) is 0 Å². The summed E-state index contributed by atoms with van der Waals surface area (Å²) < 4.78 is 6.70. The minimum Gasteiger partial charge on any atom is -0.492 e. The van der Waals surface area contributed by atoms with Crippen LogP contribution in [0, 0.1) is 5.92 Å². The Morgan fingerprint density at radius 1 is 1.29 bits per heavy atom. The van der Waals surface area contributed by atoms with Crippen LogP contribution in [0.5, 0.6) is 5.75 Å². The number of ether oxygens (including phenoxy) is 1. The van der Waals surface area contributed by atoms with Gasteiger partial charge in [0, 0.05) is 11.0 Å². The first kappa shape index (κ1) is 12.9. The number of nitrogens with one attached hydrogen (secondary N) is 1. The van der Waals surface area contributed by atoms with Gasteiger partial charge >= 0.3 is 0 Å². The van der Waals surface area contributed by atoms with E-state index < -0.39 is 0 Å². The predicted molar refractivity (Wildman–Crippen MR) is 74.5 cm³/mol. The second kappa shape index (κ2) is 7.02. The maximum absolute atomic E-state index is 5.63. The lowest BCUT2D eigenvalue weighted by Crippen LogP contribution is -2.22. The molecular formula is C14H20BrNO. The molecule has 0 saturated heterocycles. The van der Waals surface area contributed by atoms with Crippen molar-refractivity contribution in [3.63, 3.8) is 0 Å². The van der Waals surface area contributed by atoms with Gasteiger partial charge in [-0.25, -0.2) is 0 Å². The van der Waals surface area contributed by atoms with Crippen molar-refractivity contribution < 1.29 is 4.74 Å². The Morgan fingerprint density at radius 2 is 2.18 bits per heavy atom. The van der Waals surface area contributed by atoms with Crippen molar-refractivity contribution in [1.29, 1.82) is 0 Å². The second-order valence-electron chi connectivity index (χ2n) is 4.64. The molecule has 0 aliphatic heterocycles. The third-order valence-electron chi connectivity index (χ3n) is 3.01. The normalized spacial score (nSPS) is 14.9. The zero-order valence-electron chi connectivity index (χ0n) is 10.1. The highest BCUT2D eigenvalue weighted by Crippen LogP contribution is 2.33. The minimum absolute atomic E-state index is 0.736. The first-order chi connectivity index (χ1) is 8.34. The summed E-state index contributed by atoms with van der Waals surface area (Å²) in [5, 5.41) is 3.42. The van der Waals surface area contributed by atoms with E-state index >= 15 is 0 Å². The van der Waals surface area contributed by atoms with E-state index in [0.29, 0.717) is 0 Å². The molecular weight excluding hydrogens is 278 g/mol. The SMILES string of the molecule is Brc1cccc(OCCNCCCC2CC2)c1. The van der Waals surface area contributed by atoms with Gasteiger partial charge in [-0.2, -0.15) is 0 Å². The third-order valence-corrected chi connectivity index (χ3v) is 3.50. The molecule has 0 aromatic heterocycles. The lowest BCUT2D eigenvalue weighted by molar-refractivity contribution is 0.313. The summed E-state index contributed by atoms with van der Waals surface area (Å²) in [5.74, 6) is 1.98. The first-order valence-electron chi connectivity index (χ1n) is 6.44. The molecule has 17 heavy (non-hydrogen) atoms. The zero-order chi connectivity index (χ0) is 11.9. The van der Waals surface area contributed by atoms with Crippen LogP contribution >= 0.6 is 15.9 Å². The lowest BCUT2D eigenvalue weighted by Gasteiger charge is -2.07. The molecule has 94 valence electrons. The molecule has 0 unspecified atom stereocenters. The molecule has 1 aliphatic carbocycles. The smallest absolute Gasteiger partial charge is 0.120 e. The molecule has 3 heteroatoms. The standard InChI is InChI=1S/C14H20BrNO/c15-13-4-1-5-14(11-13)17-10-9-16-8-2-3-12-6-7-12/h1,4-5,11-12,16H,2-3,6-10H2. The third kappa shape index (κ3) is 5.55. The quantitative estimate of drug-likeness (QED) is 0.740. The van der Waals surface area contributed by atoms with Gasteiger partial charge in [-0.1, -0.05) is 34.8 Å². The van der Waals surface area contributed by atoms with Gasteiger partial charge in [-0.15, -0.1) is 0 Å². The molecule has 0 atom stereocenters. The van der Waals surface area contributed by atoms with Crippen molar-refractivity contribution in [2.45, 2.75) is 25.7 Å². The average molecular weight is 298 g/mol. The fraction of sp³-hybridized carbons (Fsp3) is 0.571. The Balaban J connectivity index is 1.47. The van der Waals surface area contributed by atoms with E-state index in [-0.39, 0.29) is 0 Å². The molecule has 0 bridgehead atoms.